The number of aromatic nitrogens is 1. The molecule has 1 aromatic carbocycles. The van der Waals surface area contributed by atoms with Gasteiger partial charge in [0.15, 0.2) is 0 Å². The summed E-state index contributed by atoms with van der Waals surface area (Å²) >= 11 is -0.243. The molecule has 166 valence electrons. The average molecular weight is 452 g/mol. The fourth-order valence-electron chi connectivity index (χ4n) is 3.53. The summed E-state index contributed by atoms with van der Waals surface area (Å²) in [6, 6.07) is 6.58. The first kappa shape index (κ1) is 23.1. The number of hydrogen-bond acceptors (Lipinski definition) is 4. The zero-order chi connectivity index (χ0) is 23.0. The Labute approximate surface area is 183 Å². The highest BCUT2D eigenvalue weighted by Crippen LogP contribution is 2.39. The largest absolute Gasteiger partial charge is 0.446 e. The lowest BCUT2D eigenvalue weighted by Gasteiger charge is -2.28. The molecule has 0 N–H and O–H groups in total. The predicted molar refractivity (Wildman–Crippen MR) is 114 cm³/mol. The van der Waals surface area contributed by atoms with Gasteiger partial charge in [0.05, 0.1) is 5.69 Å². The summed E-state index contributed by atoms with van der Waals surface area (Å²) in [5.41, 5.74) is -3.33. The molecule has 1 aliphatic heterocycles. The number of amides is 3. The first-order valence-electron chi connectivity index (χ1n) is 9.84. The molecule has 0 spiro atoms. The van der Waals surface area contributed by atoms with E-state index in [0.717, 1.165) is 22.4 Å². The molecule has 0 saturated carbocycles. The minimum Gasteiger partial charge on any atom is -0.305 e. The lowest BCUT2D eigenvalue weighted by atomic mass is 9.98. The Bertz CT molecular complexity index is 975. The second kappa shape index (κ2) is 8.53. The van der Waals surface area contributed by atoms with Crippen LogP contribution in [0.4, 0.5) is 23.7 Å². The third-order valence-electron chi connectivity index (χ3n) is 5.11. The van der Waals surface area contributed by atoms with Gasteiger partial charge < -0.3 is 4.90 Å². The van der Waals surface area contributed by atoms with Gasteiger partial charge in [-0.2, -0.15) is 13.2 Å². The molecule has 0 aliphatic carbocycles. The Morgan fingerprint density at radius 1 is 1.06 bits per heavy atom. The van der Waals surface area contributed by atoms with Gasteiger partial charge in [-0.15, -0.1) is 0 Å². The Morgan fingerprint density at radius 3 is 2.29 bits per heavy atom. The van der Waals surface area contributed by atoms with Gasteiger partial charge in [-0.1, -0.05) is 13.8 Å². The highest BCUT2D eigenvalue weighted by atomic mass is 32.2. The highest BCUT2D eigenvalue weighted by Gasteiger charge is 2.51. The van der Waals surface area contributed by atoms with Crippen molar-refractivity contribution in [3.63, 3.8) is 0 Å². The zero-order valence-corrected chi connectivity index (χ0v) is 18.5. The fourth-order valence-corrected chi connectivity index (χ4v) is 4.07. The van der Waals surface area contributed by atoms with Crippen molar-refractivity contribution < 1.29 is 22.8 Å². The predicted octanol–water partition coefficient (Wildman–Crippen LogP) is 5.64. The molecule has 1 aliphatic rings. The van der Waals surface area contributed by atoms with Crippen molar-refractivity contribution in [2.24, 2.45) is 5.92 Å². The number of alkyl halides is 3. The van der Waals surface area contributed by atoms with Crippen LogP contribution in [0.1, 0.15) is 38.8 Å². The summed E-state index contributed by atoms with van der Waals surface area (Å²) in [5, 5.41) is 0. The zero-order valence-electron chi connectivity index (χ0n) is 17.7. The number of carbonyl (C=O) groups excluding carboxylic acids is 2. The number of hydrogen-bond donors (Lipinski definition) is 0. The Balaban J connectivity index is 1.87. The maximum Gasteiger partial charge on any atom is 0.446 e. The van der Waals surface area contributed by atoms with E-state index in [1.807, 2.05) is 6.07 Å². The first-order valence-corrected chi connectivity index (χ1v) is 10.7. The van der Waals surface area contributed by atoms with Crippen molar-refractivity contribution in [1.29, 1.82) is 0 Å². The summed E-state index contributed by atoms with van der Waals surface area (Å²) in [7, 11) is 0. The average Bonchev–Trinajstić information content (AvgIpc) is 2.82. The van der Waals surface area contributed by atoms with Crippen LogP contribution in [-0.2, 0) is 17.8 Å². The summed E-state index contributed by atoms with van der Waals surface area (Å²) in [5.74, 6) is -0.0235. The minimum absolute atomic E-state index is 0.0124. The van der Waals surface area contributed by atoms with Gasteiger partial charge in [0.2, 0.25) is 0 Å². The summed E-state index contributed by atoms with van der Waals surface area (Å²) < 4.78 is 37.7. The molecule has 0 radical (unpaired) electrons. The summed E-state index contributed by atoms with van der Waals surface area (Å²) in [6.07, 6.45) is 4.23. The number of benzene rings is 1. The molecular formula is C22H24F3N3O2S. The molecule has 9 heteroatoms. The Morgan fingerprint density at radius 2 is 1.71 bits per heavy atom. The molecule has 0 bridgehead atoms. The number of pyridine rings is 1. The van der Waals surface area contributed by atoms with Crippen LogP contribution in [-0.4, -0.2) is 32.9 Å². The van der Waals surface area contributed by atoms with Gasteiger partial charge in [-0.3, -0.25) is 9.78 Å². The smallest absolute Gasteiger partial charge is 0.305 e. The van der Waals surface area contributed by atoms with Gasteiger partial charge in [0.25, 0.3) is 5.91 Å². The normalized spacial score (nSPS) is 16.5. The number of halogens is 3. The van der Waals surface area contributed by atoms with Crippen LogP contribution < -0.4 is 4.90 Å². The standard InChI is InChI=1S/C22H24F3N3O2S/c1-14(2)11-16-12-26-10-9-15(16)13-27-20(30)28(19(29)21(27,3)4)17-5-7-18(8-6-17)31-22(23,24)25/h5-10,12,14H,11,13H2,1-4H3. The molecule has 0 unspecified atom stereocenters. The van der Waals surface area contributed by atoms with E-state index in [9.17, 15) is 22.8 Å². The van der Waals surface area contributed by atoms with Crippen molar-refractivity contribution in [2.75, 3.05) is 4.90 Å². The number of thioether (sulfide) groups is 1. The van der Waals surface area contributed by atoms with Gasteiger partial charge in [-0.05, 0) is 79.4 Å². The lowest BCUT2D eigenvalue weighted by Crippen LogP contribution is -2.43. The molecule has 1 fully saturated rings. The van der Waals surface area contributed by atoms with E-state index >= 15 is 0 Å². The maximum absolute atomic E-state index is 13.2. The molecule has 2 aromatic rings. The molecule has 1 saturated heterocycles. The van der Waals surface area contributed by atoms with Crippen LogP contribution >= 0.6 is 11.8 Å². The number of anilines is 1. The van der Waals surface area contributed by atoms with Gasteiger partial charge in [0, 0.05) is 23.8 Å². The monoisotopic (exact) mass is 451 g/mol. The number of carbonyl (C=O) groups is 2. The van der Waals surface area contributed by atoms with Gasteiger partial charge in [-0.25, -0.2) is 9.69 Å². The maximum atomic E-state index is 13.2. The topological polar surface area (TPSA) is 53.5 Å². The van der Waals surface area contributed by atoms with Crippen LogP contribution in [0.5, 0.6) is 0 Å². The first-order chi connectivity index (χ1) is 14.4. The second-order valence-electron chi connectivity index (χ2n) is 8.35. The lowest BCUT2D eigenvalue weighted by molar-refractivity contribution is -0.123. The summed E-state index contributed by atoms with van der Waals surface area (Å²) in [4.78, 5) is 33.0. The third kappa shape index (κ3) is 5.03. The van der Waals surface area contributed by atoms with E-state index < -0.39 is 23.0 Å². The van der Waals surface area contributed by atoms with Crippen molar-refractivity contribution in [3.8, 4) is 0 Å². The molecule has 0 atom stereocenters. The van der Waals surface area contributed by atoms with Crippen LogP contribution in [0.25, 0.3) is 0 Å². The number of urea groups is 1. The van der Waals surface area contributed by atoms with Crippen molar-refractivity contribution in [1.82, 2.24) is 9.88 Å². The molecule has 5 nitrogen and oxygen atoms in total. The van der Waals surface area contributed by atoms with E-state index in [1.54, 1.807) is 26.2 Å². The highest BCUT2D eigenvalue weighted by molar-refractivity contribution is 8.00. The Hall–Kier alpha value is -2.55. The van der Waals surface area contributed by atoms with Crippen LogP contribution in [0.3, 0.4) is 0 Å². The molecule has 31 heavy (non-hydrogen) atoms. The van der Waals surface area contributed by atoms with E-state index in [1.165, 1.54) is 29.2 Å². The van der Waals surface area contributed by atoms with Crippen molar-refractivity contribution in [2.45, 2.75) is 56.6 Å². The minimum atomic E-state index is -4.40. The quantitative estimate of drug-likeness (QED) is 0.421. The van der Waals surface area contributed by atoms with Crippen LogP contribution in [0, 0.1) is 5.92 Å². The second-order valence-corrected chi connectivity index (χ2v) is 9.49. The van der Waals surface area contributed by atoms with Crippen molar-refractivity contribution in [3.05, 3.63) is 53.9 Å². The molecular weight excluding hydrogens is 427 g/mol. The third-order valence-corrected chi connectivity index (χ3v) is 5.85. The molecule has 2 heterocycles. The summed E-state index contributed by atoms with van der Waals surface area (Å²) in [6.45, 7) is 7.76. The number of imide groups is 1. The SMILES string of the molecule is CC(C)Cc1cnccc1CN1C(=O)N(c2ccc(SC(F)(F)F)cc2)C(=O)C1(C)C. The van der Waals surface area contributed by atoms with E-state index in [2.05, 4.69) is 18.8 Å². The molecule has 3 rings (SSSR count). The van der Waals surface area contributed by atoms with Crippen LogP contribution in [0.15, 0.2) is 47.6 Å². The van der Waals surface area contributed by atoms with Gasteiger partial charge >= 0.3 is 11.5 Å². The fraction of sp³-hybridized carbons (Fsp3) is 0.409. The van der Waals surface area contributed by atoms with E-state index in [-0.39, 0.29) is 28.9 Å². The molecule has 1 aromatic heterocycles. The van der Waals surface area contributed by atoms with E-state index in [4.69, 9.17) is 0 Å². The Kier molecular flexibility index (Phi) is 6.36. The van der Waals surface area contributed by atoms with Crippen LogP contribution in [0.2, 0.25) is 0 Å². The molecule has 3 amide bonds. The van der Waals surface area contributed by atoms with Gasteiger partial charge in [0.1, 0.15) is 5.54 Å². The van der Waals surface area contributed by atoms with E-state index in [0.29, 0.717) is 5.92 Å². The number of nitrogens with zero attached hydrogens (tertiary/aromatic N) is 3. The van der Waals surface area contributed by atoms with Crippen molar-refractivity contribution >= 4 is 29.4 Å². The number of rotatable bonds is 6.